The molecule has 0 saturated carbocycles. The second-order valence-electron chi connectivity index (χ2n) is 3.61. The minimum atomic E-state index is -0.464. The number of benzene rings is 1. The van der Waals surface area contributed by atoms with Gasteiger partial charge < -0.3 is 10.5 Å². The largest absolute Gasteiger partial charge is 0.373 e. The van der Waals surface area contributed by atoms with Crippen LogP contribution in [-0.4, -0.2) is 19.3 Å². The molecule has 0 aliphatic rings. The molecule has 0 spiro atoms. The van der Waals surface area contributed by atoms with Crippen molar-refractivity contribution in [1.82, 2.24) is 0 Å². The first-order chi connectivity index (χ1) is 7.09. The monoisotopic (exact) mass is 209 g/mol. The van der Waals surface area contributed by atoms with Gasteiger partial charge in [-0.05, 0) is 24.6 Å². The van der Waals surface area contributed by atoms with Crippen LogP contribution in [0.25, 0.3) is 6.08 Å². The third kappa shape index (κ3) is 3.46. The molecule has 15 heavy (non-hydrogen) atoms. The Morgan fingerprint density at radius 3 is 2.47 bits per heavy atom. The zero-order chi connectivity index (χ0) is 11.3. The fraction of sp³-hybridized carbons (Fsp3) is 0.333. The molecule has 2 N–H and O–H groups in total. The summed E-state index contributed by atoms with van der Waals surface area (Å²) in [6.45, 7) is 2.30. The van der Waals surface area contributed by atoms with Gasteiger partial charge in [-0.1, -0.05) is 24.3 Å². The van der Waals surface area contributed by atoms with Crippen molar-refractivity contribution < 1.29 is 9.13 Å². The van der Waals surface area contributed by atoms with E-state index in [-0.39, 0.29) is 5.82 Å². The van der Waals surface area contributed by atoms with Crippen LogP contribution in [0.15, 0.2) is 30.3 Å². The molecule has 3 heteroatoms. The third-order valence-corrected chi connectivity index (χ3v) is 2.37. The molecule has 0 amide bonds. The zero-order valence-corrected chi connectivity index (χ0v) is 9.03. The van der Waals surface area contributed by atoms with E-state index >= 15 is 0 Å². The molecule has 1 atom stereocenters. The minimum Gasteiger partial charge on any atom is -0.373 e. The van der Waals surface area contributed by atoms with E-state index in [2.05, 4.69) is 0 Å². The van der Waals surface area contributed by atoms with Crippen LogP contribution in [0.3, 0.4) is 0 Å². The second kappa shape index (κ2) is 5.05. The highest BCUT2D eigenvalue weighted by molar-refractivity contribution is 5.50. The highest BCUT2D eigenvalue weighted by Gasteiger charge is 2.16. The summed E-state index contributed by atoms with van der Waals surface area (Å²) in [6.07, 6.45) is 3.75. The van der Waals surface area contributed by atoms with Crippen LogP contribution in [0.5, 0.6) is 0 Å². The fourth-order valence-corrected chi connectivity index (χ4v) is 1.07. The average Bonchev–Trinajstić information content (AvgIpc) is 2.28. The molecule has 0 aromatic heterocycles. The van der Waals surface area contributed by atoms with E-state index in [0.717, 1.165) is 5.56 Å². The fourth-order valence-electron chi connectivity index (χ4n) is 1.07. The zero-order valence-electron chi connectivity index (χ0n) is 9.03. The van der Waals surface area contributed by atoms with Gasteiger partial charge in [0.25, 0.3) is 0 Å². The predicted octanol–water partition coefficient (Wildman–Crippen LogP) is 2.20. The van der Waals surface area contributed by atoms with Gasteiger partial charge in [0.2, 0.25) is 0 Å². The Labute approximate surface area is 89.6 Å². The van der Waals surface area contributed by atoms with Crippen molar-refractivity contribution in [1.29, 1.82) is 0 Å². The summed E-state index contributed by atoms with van der Waals surface area (Å²) < 4.78 is 17.9. The summed E-state index contributed by atoms with van der Waals surface area (Å²) in [6, 6.07) is 6.26. The highest BCUT2D eigenvalue weighted by atomic mass is 19.1. The van der Waals surface area contributed by atoms with Gasteiger partial charge in [0.05, 0.1) is 5.60 Å². The van der Waals surface area contributed by atoms with Gasteiger partial charge in [-0.2, -0.15) is 0 Å². The average molecular weight is 209 g/mol. The quantitative estimate of drug-likeness (QED) is 0.825. The van der Waals surface area contributed by atoms with Gasteiger partial charge >= 0.3 is 0 Å². The van der Waals surface area contributed by atoms with E-state index in [1.807, 2.05) is 19.1 Å². The topological polar surface area (TPSA) is 35.2 Å². The molecule has 0 bridgehead atoms. The molecule has 0 fully saturated rings. The lowest BCUT2D eigenvalue weighted by Crippen LogP contribution is -2.34. The van der Waals surface area contributed by atoms with E-state index < -0.39 is 5.60 Å². The van der Waals surface area contributed by atoms with Crippen molar-refractivity contribution >= 4 is 6.08 Å². The molecule has 0 saturated heterocycles. The maximum atomic E-state index is 12.6. The van der Waals surface area contributed by atoms with Gasteiger partial charge in [-0.15, -0.1) is 0 Å². The molecule has 82 valence electrons. The molecule has 2 nitrogen and oxygen atoms in total. The summed E-state index contributed by atoms with van der Waals surface area (Å²) in [7, 11) is 1.61. The van der Waals surface area contributed by atoms with Crippen LogP contribution in [0, 0.1) is 5.82 Å². The first-order valence-electron chi connectivity index (χ1n) is 4.80. The van der Waals surface area contributed by atoms with Gasteiger partial charge in [0.15, 0.2) is 0 Å². The van der Waals surface area contributed by atoms with Crippen molar-refractivity contribution in [2.24, 2.45) is 5.73 Å². The Balaban J connectivity index is 2.76. The third-order valence-electron chi connectivity index (χ3n) is 2.37. The number of ether oxygens (including phenoxy) is 1. The van der Waals surface area contributed by atoms with E-state index in [0.29, 0.717) is 6.54 Å². The van der Waals surface area contributed by atoms with Gasteiger partial charge in [-0.3, -0.25) is 0 Å². The number of hydrogen-bond acceptors (Lipinski definition) is 2. The van der Waals surface area contributed by atoms with Gasteiger partial charge in [-0.25, -0.2) is 4.39 Å². The maximum Gasteiger partial charge on any atom is 0.123 e. The van der Waals surface area contributed by atoms with E-state index in [9.17, 15) is 4.39 Å². The summed E-state index contributed by atoms with van der Waals surface area (Å²) >= 11 is 0. The molecule has 1 aromatic carbocycles. The SMILES string of the molecule is COC(C)(/C=C/c1ccc(F)cc1)CN. The van der Waals surface area contributed by atoms with Crippen LogP contribution in [-0.2, 0) is 4.74 Å². The van der Waals surface area contributed by atoms with Crippen molar-refractivity contribution in [3.05, 3.63) is 41.7 Å². The van der Waals surface area contributed by atoms with Crippen molar-refractivity contribution in [2.45, 2.75) is 12.5 Å². The molecule has 0 aliphatic heterocycles. The molecule has 1 rings (SSSR count). The summed E-state index contributed by atoms with van der Waals surface area (Å²) in [5.74, 6) is -0.236. The van der Waals surface area contributed by atoms with E-state index in [1.54, 1.807) is 19.2 Å². The van der Waals surface area contributed by atoms with Crippen molar-refractivity contribution in [2.75, 3.05) is 13.7 Å². The minimum absolute atomic E-state index is 0.236. The molecule has 0 aliphatic carbocycles. The van der Waals surface area contributed by atoms with Crippen LogP contribution >= 0.6 is 0 Å². The Morgan fingerprint density at radius 1 is 1.40 bits per heavy atom. The Kier molecular flexibility index (Phi) is 4.00. The molecular weight excluding hydrogens is 193 g/mol. The lowest BCUT2D eigenvalue weighted by molar-refractivity contribution is 0.0572. The number of nitrogens with two attached hydrogens (primary N) is 1. The normalized spacial score (nSPS) is 15.5. The lowest BCUT2D eigenvalue weighted by Gasteiger charge is -2.21. The molecular formula is C12H16FNO. The molecule has 0 radical (unpaired) electrons. The summed E-state index contributed by atoms with van der Waals surface area (Å²) in [5.41, 5.74) is 6.03. The van der Waals surface area contributed by atoms with Crippen LogP contribution in [0.1, 0.15) is 12.5 Å². The predicted molar refractivity (Wildman–Crippen MR) is 59.9 cm³/mol. The second-order valence-corrected chi connectivity index (χ2v) is 3.61. The Hall–Kier alpha value is -1.19. The first kappa shape index (κ1) is 11.9. The molecule has 0 heterocycles. The number of rotatable bonds is 4. The van der Waals surface area contributed by atoms with Crippen molar-refractivity contribution in [3.8, 4) is 0 Å². The van der Waals surface area contributed by atoms with E-state index in [1.165, 1.54) is 12.1 Å². The van der Waals surface area contributed by atoms with Crippen LogP contribution in [0.4, 0.5) is 4.39 Å². The number of hydrogen-bond donors (Lipinski definition) is 1. The first-order valence-corrected chi connectivity index (χ1v) is 4.80. The lowest BCUT2D eigenvalue weighted by atomic mass is 10.0. The summed E-state index contributed by atoms with van der Waals surface area (Å²) in [4.78, 5) is 0. The van der Waals surface area contributed by atoms with E-state index in [4.69, 9.17) is 10.5 Å². The van der Waals surface area contributed by atoms with Gasteiger partial charge in [0.1, 0.15) is 5.82 Å². The maximum absolute atomic E-state index is 12.6. The van der Waals surface area contributed by atoms with Crippen LogP contribution in [0.2, 0.25) is 0 Å². The number of halogens is 1. The highest BCUT2D eigenvalue weighted by Crippen LogP contribution is 2.12. The summed E-state index contributed by atoms with van der Waals surface area (Å²) in [5, 5.41) is 0. The Bertz CT molecular complexity index is 328. The smallest absolute Gasteiger partial charge is 0.123 e. The van der Waals surface area contributed by atoms with Crippen LogP contribution < -0.4 is 5.73 Å². The molecule has 1 aromatic rings. The standard InChI is InChI=1S/C12H16FNO/c1-12(9-14,15-2)8-7-10-3-5-11(13)6-4-10/h3-8H,9,14H2,1-2H3/b8-7+. The van der Waals surface area contributed by atoms with Gasteiger partial charge in [0, 0.05) is 13.7 Å². The molecule has 1 unspecified atom stereocenters. The van der Waals surface area contributed by atoms with Crippen molar-refractivity contribution in [3.63, 3.8) is 0 Å². The number of methoxy groups -OCH3 is 1. The Morgan fingerprint density at radius 2 is 2.00 bits per heavy atom.